The van der Waals surface area contributed by atoms with Crippen molar-refractivity contribution in [1.29, 1.82) is 0 Å². The van der Waals surface area contributed by atoms with E-state index in [2.05, 4.69) is 54.2 Å². The van der Waals surface area contributed by atoms with Gasteiger partial charge in [-0.15, -0.1) is 0 Å². The Labute approximate surface area is 187 Å². The van der Waals surface area contributed by atoms with Gasteiger partial charge in [-0.25, -0.2) is 0 Å². The van der Waals surface area contributed by atoms with Crippen molar-refractivity contribution in [3.63, 3.8) is 0 Å². The lowest BCUT2D eigenvalue weighted by molar-refractivity contribution is 0.323. The third kappa shape index (κ3) is 5.52. The van der Waals surface area contributed by atoms with Crippen LogP contribution in [0.4, 0.5) is 0 Å². The minimum atomic E-state index is 0.0176. The number of thiocarbonyl (C=S) groups is 1. The second-order valence-corrected chi connectivity index (χ2v) is 7.90. The molecule has 0 fully saturated rings. The van der Waals surface area contributed by atoms with Gasteiger partial charge >= 0.3 is 0 Å². The van der Waals surface area contributed by atoms with E-state index in [4.69, 9.17) is 26.4 Å². The average Bonchev–Trinajstić information content (AvgIpc) is 2.74. The molecule has 0 saturated heterocycles. The quantitative estimate of drug-likeness (QED) is 0.363. The predicted molar refractivity (Wildman–Crippen MR) is 128 cm³/mol. The maximum Gasteiger partial charge on any atom is 0.203 e. The molecule has 1 unspecified atom stereocenters. The lowest BCUT2D eigenvalue weighted by atomic mass is 10.0. The molecule has 0 amide bonds. The molecule has 6 heteroatoms. The fraction of sp³-hybridized carbons (Fsp3) is 0.348. The van der Waals surface area contributed by atoms with E-state index in [1.165, 1.54) is 11.1 Å². The van der Waals surface area contributed by atoms with Gasteiger partial charge in [0.2, 0.25) is 5.75 Å². The molecule has 0 bridgehead atoms. The smallest absolute Gasteiger partial charge is 0.203 e. The molecule has 29 heavy (non-hydrogen) atoms. The van der Waals surface area contributed by atoms with E-state index in [1.54, 1.807) is 21.3 Å². The van der Waals surface area contributed by atoms with Gasteiger partial charge in [-0.1, -0.05) is 37.4 Å². The van der Waals surface area contributed by atoms with E-state index >= 15 is 0 Å². The highest BCUT2D eigenvalue weighted by molar-refractivity contribution is 9.10. The Balaban J connectivity index is 2.23. The molecule has 2 aromatic rings. The van der Waals surface area contributed by atoms with Crippen LogP contribution in [0, 0.1) is 13.8 Å². The van der Waals surface area contributed by atoms with Gasteiger partial charge in [0.05, 0.1) is 32.4 Å². The molecule has 1 atom stereocenters. The maximum absolute atomic E-state index is 5.57. The lowest BCUT2D eigenvalue weighted by Gasteiger charge is -2.21. The molecule has 1 N–H and O–H groups in total. The summed E-state index contributed by atoms with van der Waals surface area (Å²) in [5.74, 6) is 1.83. The summed E-state index contributed by atoms with van der Waals surface area (Å²) in [6.45, 7) is 6.31. The number of benzene rings is 2. The molecule has 0 aliphatic heterocycles. The van der Waals surface area contributed by atoms with Crippen LogP contribution in [0.25, 0.3) is 6.08 Å². The minimum Gasteiger partial charge on any atom is -0.493 e. The first-order valence-electron chi connectivity index (χ1n) is 9.40. The van der Waals surface area contributed by atoms with Crippen LogP contribution >= 0.6 is 28.1 Å². The first-order chi connectivity index (χ1) is 13.9. The van der Waals surface area contributed by atoms with E-state index in [1.807, 2.05) is 24.3 Å². The highest BCUT2D eigenvalue weighted by Crippen LogP contribution is 2.40. The molecular formula is C23H28BrNO3S. The van der Waals surface area contributed by atoms with E-state index in [0.29, 0.717) is 22.2 Å². The first kappa shape index (κ1) is 23.2. The standard InChI is InChI=1S/C23H28BrNO3S/c1-7-18(17-12-19(26-4)23(28-6)20(13-17)27-5)25-21(29)11-10-16-9-8-14(2)15(3)22(16)24/h8-13,18H,7H2,1-6H3,(H,25,29)/b11-10+. The Bertz CT molecular complexity index is 886. The zero-order chi connectivity index (χ0) is 21.6. The van der Waals surface area contributed by atoms with Crippen LogP contribution in [-0.4, -0.2) is 26.3 Å². The van der Waals surface area contributed by atoms with Crippen molar-refractivity contribution >= 4 is 39.2 Å². The second-order valence-electron chi connectivity index (χ2n) is 6.67. The number of ether oxygens (including phenoxy) is 3. The molecule has 0 saturated carbocycles. The molecule has 0 aliphatic carbocycles. The van der Waals surface area contributed by atoms with Crippen LogP contribution < -0.4 is 19.5 Å². The lowest BCUT2D eigenvalue weighted by Crippen LogP contribution is -2.25. The van der Waals surface area contributed by atoms with Gasteiger partial charge < -0.3 is 19.5 Å². The molecule has 0 spiro atoms. The number of aryl methyl sites for hydroxylation is 1. The summed E-state index contributed by atoms with van der Waals surface area (Å²) < 4.78 is 17.5. The number of halogens is 1. The molecule has 0 radical (unpaired) electrons. The Morgan fingerprint density at radius 2 is 1.72 bits per heavy atom. The number of hydrogen-bond donors (Lipinski definition) is 1. The van der Waals surface area contributed by atoms with Crippen molar-refractivity contribution in [2.75, 3.05) is 21.3 Å². The maximum atomic E-state index is 5.57. The second kappa shape index (κ2) is 10.6. The number of hydrogen-bond acceptors (Lipinski definition) is 4. The summed E-state index contributed by atoms with van der Waals surface area (Å²) in [6, 6.07) is 8.12. The summed E-state index contributed by atoms with van der Waals surface area (Å²) in [5, 5.41) is 3.42. The van der Waals surface area contributed by atoms with Crippen molar-refractivity contribution in [2.24, 2.45) is 0 Å². The van der Waals surface area contributed by atoms with Crippen LogP contribution in [0.1, 0.15) is 41.6 Å². The molecule has 2 aromatic carbocycles. The van der Waals surface area contributed by atoms with Crippen molar-refractivity contribution in [2.45, 2.75) is 33.2 Å². The van der Waals surface area contributed by atoms with Gasteiger partial charge in [0, 0.05) is 4.47 Å². The monoisotopic (exact) mass is 477 g/mol. The summed E-state index contributed by atoms with van der Waals surface area (Å²) in [6.07, 6.45) is 4.79. The normalized spacial score (nSPS) is 12.0. The minimum absolute atomic E-state index is 0.0176. The molecule has 2 rings (SSSR count). The Hall–Kier alpha value is -2.05. The highest BCUT2D eigenvalue weighted by atomic mass is 79.9. The predicted octanol–water partition coefficient (Wildman–Crippen LogP) is 6.17. The zero-order valence-electron chi connectivity index (χ0n) is 17.8. The van der Waals surface area contributed by atoms with Crippen LogP contribution in [0.3, 0.4) is 0 Å². The summed E-state index contributed by atoms with van der Waals surface area (Å²) >= 11 is 9.24. The van der Waals surface area contributed by atoms with E-state index in [-0.39, 0.29) is 6.04 Å². The van der Waals surface area contributed by atoms with Crippen molar-refractivity contribution in [1.82, 2.24) is 5.32 Å². The SMILES string of the molecule is CCC(NC(=S)/C=C/c1ccc(C)c(C)c1Br)c1cc(OC)c(OC)c(OC)c1. The zero-order valence-corrected chi connectivity index (χ0v) is 20.2. The van der Waals surface area contributed by atoms with Crippen LogP contribution in [-0.2, 0) is 0 Å². The molecule has 156 valence electrons. The number of rotatable bonds is 8. The summed E-state index contributed by atoms with van der Waals surface area (Å²) in [4.78, 5) is 0.663. The van der Waals surface area contributed by atoms with Gasteiger partial charge in [-0.3, -0.25) is 0 Å². The Morgan fingerprint density at radius 3 is 2.24 bits per heavy atom. The molecule has 0 aliphatic rings. The van der Waals surface area contributed by atoms with Gasteiger partial charge in [-0.05, 0) is 76.7 Å². The third-order valence-electron chi connectivity index (χ3n) is 4.92. The molecular weight excluding hydrogens is 450 g/mol. The van der Waals surface area contributed by atoms with Gasteiger partial charge in [0.15, 0.2) is 11.5 Å². The number of methoxy groups -OCH3 is 3. The summed E-state index contributed by atoms with van der Waals surface area (Å²) in [5.41, 5.74) is 4.60. The van der Waals surface area contributed by atoms with Crippen molar-refractivity contribution < 1.29 is 14.2 Å². The number of nitrogens with one attached hydrogen (secondary N) is 1. The van der Waals surface area contributed by atoms with E-state index in [0.717, 1.165) is 22.0 Å². The fourth-order valence-electron chi connectivity index (χ4n) is 3.04. The first-order valence-corrected chi connectivity index (χ1v) is 10.6. The van der Waals surface area contributed by atoms with E-state index < -0.39 is 0 Å². The topological polar surface area (TPSA) is 39.7 Å². The summed E-state index contributed by atoms with van der Waals surface area (Å²) in [7, 11) is 4.83. The van der Waals surface area contributed by atoms with Crippen molar-refractivity contribution in [3.8, 4) is 17.2 Å². The third-order valence-corrected chi connectivity index (χ3v) is 6.22. The van der Waals surface area contributed by atoms with Gasteiger partial charge in [0.25, 0.3) is 0 Å². The molecule has 0 aromatic heterocycles. The van der Waals surface area contributed by atoms with Crippen LogP contribution in [0.5, 0.6) is 17.2 Å². The highest BCUT2D eigenvalue weighted by Gasteiger charge is 2.18. The molecule has 0 heterocycles. The van der Waals surface area contributed by atoms with Crippen molar-refractivity contribution in [3.05, 3.63) is 57.1 Å². The molecule has 4 nitrogen and oxygen atoms in total. The fourth-order valence-corrected chi connectivity index (χ4v) is 3.83. The Kier molecular flexibility index (Phi) is 8.53. The van der Waals surface area contributed by atoms with Gasteiger partial charge in [0.1, 0.15) is 0 Å². The van der Waals surface area contributed by atoms with Crippen LogP contribution in [0.2, 0.25) is 0 Å². The largest absolute Gasteiger partial charge is 0.493 e. The van der Waals surface area contributed by atoms with Gasteiger partial charge in [-0.2, -0.15) is 0 Å². The van der Waals surface area contributed by atoms with E-state index in [9.17, 15) is 0 Å². The Morgan fingerprint density at radius 1 is 1.10 bits per heavy atom. The average molecular weight is 478 g/mol. The van der Waals surface area contributed by atoms with Crippen LogP contribution in [0.15, 0.2) is 34.8 Å².